The zero-order valence-corrected chi connectivity index (χ0v) is 31.9. The summed E-state index contributed by atoms with van der Waals surface area (Å²) in [6.45, 7) is 10.5. The van der Waals surface area contributed by atoms with Crippen LogP contribution in [0.3, 0.4) is 0 Å². The van der Waals surface area contributed by atoms with Gasteiger partial charge in [-0.05, 0) is 92.2 Å². The number of anilines is 1. The third-order valence-electron chi connectivity index (χ3n) is 12.6. The Morgan fingerprint density at radius 2 is 1.98 bits per heavy atom. The molecule has 2 aliphatic heterocycles. The van der Waals surface area contributed by atoms with Gasteiger partial charge in [0.25, 0.3) is 5.91 Å². The normalized spacial score (nSPS) is 30.2. The molecule has 2 bridgehead atoms. The number of ether oxygens (including phenoxy) is 1. The number of hydrogen-bond acceptors (Lipinski definition) is 9. The van der Waals surface area contributed by atoms with Crippen molar-refractivity contribution in [1.29, 1.82) is 0 Å². The van der Waals surface area contributed by atoms with E-state index in [9.17, 15) is 14.7 Å². The summed E-state index contributed by atoms with van der Waals surface area (Å²) < 4.78 is 6.08. The summed E-state index contributed by atoms with van der Waals surface area (Å²) in [5.41, 5.74) is 13.2. The fourth-order valence-electron chi connectivity index (χ4n) is 9.42. The predicted octanol–water partition coefficient (Wildman–Crippen LogP) is 4.84. The SMILES string of the molecule is COc1c(CN2O[C@@H](CN=[N+]=[N-])[C@@H]([C@H](C)O)[C@H]2C(=O)N[C@H]2C[C@@H]3C[C@H]([C@@H]2C)C3(C)C)cccc1-c1cc(C(=O)N[C@@H]2CCN(C)C2)cc(N(C)C)c1. The largest absolute Gasteiger partial charge is 0.496 e. The van der Waals surface area contributed by atoms with Gasteiger partial charge in [-0.3, -0.25) is 14.4 Å². The molecule has 0 radical (unpaired) electrons. The van der Waals surface area contributed by atoms with Crippen molar-refractivity contribution in [3.05, 3.63) is 58.0 Å². The van der Waals surface area contributed by atoms with Crippen LogP contribution in [0.25, 0.3) is 21.6 Å². The van der Waals surface area contributed by atoms with Gasteiger partial charge in [0.2, 0.25) is 5.91 Å². The molecule has 2 amide bonds. The van der Waals surface area contributed by atoms with E-state index in [-0.39, 0.29) is 42.4 Å². The smallest absolute Gasteiger partial charge is 0.251 e. The number of aliphatic hydroxyl groups is 1. The monoisotopic (exact) mass is 716 g/mol. The molecular weight excluding hydrogens is 660 g/mol. The maximum Gasteiger partial charge on any atom is 0.251 e. The summed E-state index contributed by atoms with van der Waals surface area (Å²) in [5, 5.41) is 23.0. The van der Waals surface area contributed by atoms with Crippen molar-refractivity contribution in [3.8, 4) is 16.9 Å². The third kappa shape index (κ3) is 7.34. The number of azide groups is 1. The second kappa shape index (κ2) is 15.2. The van der Waals surface area contributed by atoms with Crippen molar-refractivity contribution in [2.45, 2.75) is 83.8 Å². The Bertz CT molecular complexity index is 1690. The molecule has 13 heteroatoms. The highest BCUT2D eigenvalue weighted by Crippen LogP contribution is 2.61. The molecule has 0 spiro atoms. The highest BCUT2D eigenvalue weighted by molar-refractivity contribution is 5.97. The number of likely N-dealkylation sites (N-methyl/N-ethyl adjacent to an activating group) is 1. The van der Waals surface area contributed by atoms with Crippen molar-refractivity contribution in [2.24, 2.45) is 34.2 Å². The zero-order chi connectivity index (χ0) is 37.5. The van der Waals surface area contributed by atoms with Gasteiger partial charge in [0.05, 0.1) is 32.4 Å². The van der Waals surface area contributed by atoms with Crippen molar-refractivity contribution in [1.82, 2.24) is 20.6 Å². The fraction of sp³-hybridized carbons (Fsp3) is 0.641. The van der Waals surface area contributed by atoms with Crippen LogP contribution >= 0.6 is 0 Å². The third-order valence-corrected chi connectivity index (χ3v) is 12.6. The summed E-state index contributed by atoms with van der Waals surface area (Å²) in [6, 6.07) is 10.9. The molecule has 282 valence electrons. The molecular formula is C39H56N8O5. The highest BCUT2D eigenvalue weighted by Gasteiger charge is 2.57. The molecule has 52 heavy (non-hydrogen) atoms. The number of fused-ring (bicyclic) bond motifs is 2. The Hall–Kier alpha value is -3.87. The van der Waals surface area contributed by atoms with Crippen LogP contribution in [0.5, 0.6) is 5.75 Å². The standard InChI is InChI=1S/C39H56N8O5/c1-22-31-17-27(39(31,3)4)18-32(22)43-38(50)35-34(23(2)48)33(19-41-44-40)52-47(35)20-24-10-9-11-30(36(24)51-8)25-14-26(16-29(15-25)45(5)6)37(49)42-28-12-13-46(7)21-28/h9-11,14-16,22-23,27-28,31-35,48H,12-13,17-21H2,1-8H3,(H,42,49)(H,43,50)/t22-,23-,27-,28+,31+,32-,33-,34+,35-/m0/s1. The first-order chi connectivity index (χ1) is 24.7. The fourth-order valence-corrected chi connectivity index (χ4v) is 9.42. The lowest BCUT2D eigenvalue weighted by Gasteiger charge is -2.62. The van der Waals surface area contributed by atoms with E-state index in [2.05, 4.69) is 53.4 Å². The van der Waals surface area contributed by atoms with Gasteiger partial charge in [0.15, 0.2) is 0 Å². The molecule has 5 fully saturated rings. The first-order valence-electron chi connectivity index (χ1n) is 18.6. The molecule has 0 aromatic heterocycles. The molecule has 3 N–H and O–H groups in total. The lowest BCUT2D eigenvalue weighted by atomic mass is 9.45. The summed E-state index contributed by atoms with van der Waals surface area (Å²) in [4.78, 5) is 41.4. The number of rotatable bonds is 12. The highest BCUT2D eigenvalue weighted by atomic mass is 16.7. The van der Waals surface area contributed by atoms with Crippen LogP contribution in [0.2, 0.25) is 0 Å². The molecule has 2 aromatic rings. The van der Waals surface area contributed by atoms with Gasteiger partial charge in [-0.15, -0.1) is 0 Å². The number of nitrogens with one attached hydrogen (secondary N) is 2. The number of nitrogens with zero attached hydrogens (tertiary/aromatic N) is 6. The van der Waals surface area contributed by atoms with E-state index in [4.69, 9.17) is 15.1 Å². The Balaban J connectivity index is 1.31. The molecule has 2 heterocycles. The number of carbonyl (C=O) groups excluding carboxylic acids is 2. The van der Waals surface area contributed by atoms with Crippen molar-refractivity contribution in [3.63, 3.8) is 0 Å². The average Bonchev–Trinajstić information content (AvgIpc) is 3.69. The summed E-state index contributed by atoms with van der Waals surface area (Å²) in [5.74, 6) is 1.06. The number of hydroxylamine groups is 2. The zero-order valence-electron chi connectivity index (χ0n) is 31.9. The number of para-hydroxylation sites is 1. The van der Waals surface area contributed by atoms with Crippen LogP contribution in [0, 0.1) is 29.1 Å². The molecule has 2 aromatic carbocycles. The Morgan fingerprint density at radius 1 is 1.21 bits per heavy atom. The van der Waals surface area contributed by atoms with Crippen molar-refractivity contribution < 1.29 is 24.3 Å². The maximum atomic E-state index is 14.3. The first kappa shape index (κ1) is 37.9. The quantitative estimate of drug-likeness (QED) is 0.160. The number of aliphatic hydroxyl groups excluding tert-OH is 1. The Morgan fingerprint density at radius 3 is 2.60 bits per heavy atom. The van der Waals surface area contributed by atoms with E-state index in [1.165, 1.54) is 6.42 Å². The van der Waals surface area contributed by atoms with Crippen LogP contribution in [0.1, 0.15) is 62.9 Å². The minimum absolute atomic E-state index is 0.0268. The van der Waals surface area contributed by atoms with Crippen molar-refractivity contribution >= 4 is 17.5 Å². The minimum atomic E-state index is -0.910. The van der Waals surface area contributed by atoms with Gasteiger partial charge >= 0.3 is 0 Å². The van der Waals surface area contributed by atoms with Crippen molar-refractivity contribution in [2.75, 3.05) is 52.8 Å². The van der Waals surface area contributed by atoms with Crippen LogP contribution in [-0.2, 0) is 16.2 Å². The van der Waals surface area contributed by atoms with E-state index >= 15 is 0 Å². The van der Waals surface area contributed by atoms with E-state index in [1.807, 2.05) is 55.4 Å². The molecule has 3 saturated carbocycles. The number of benzene rings is 2. The van der Waals surface area contributed by atoms with E-state index in [1.54, 1.807) is 19.1 Å². The average molecular weight is 717 g/mol. The summed E-state index contributed by atoms with van der Waals surface area (Å²) in [6.07, 6.45) is 1.42. The van der Waals surface area contributed by atoms with Gasteiger partial charge in [-0.1, -0.05) is 44.1 Å². The van der Waals surface area contributed by atoms with Gasteiger partial charge in [-0.25, -0.2) is 0 Å². The first-order valence-corrected chi connectivity index (χ1v) is 18.6. The molecule has 7 rings (SSSR count). The molecule has 3 aliphatic carbocycles. The minimum Gasteiger partial charge on any atom is -0.496 e. The molecule has 0 unspecified atom stereocenters. The number of carbonyl (C=O) groups is 2. The lowest BCUT2D eigenvalue weighted by Crippen LogP contribution is -2.62. The molecule has 9 atom stereocenters. The number of hydrogen-bond donors (Lipinski definition) is 3. The second-order valence-corrected chi connectivity index (χ2v) is 16.3. The van der Waals surface area contributed by atoms with Crippen LogP contribution in [0.15, 0.2) is 41.5 Å². The molecule has 5 aliphatic rings. The Kier molecular flexibility index (Phi) is 11.1. The van der Waals surface area contributed by atoms with Crippen LogP contribution in [0.4, 0.5) is 5.69 Å². The van der Waals surface area contributed by atoms with Gasteiger partial charge in [-0.2, -0.15) is 5.06 Å². The van der Waals surface area contributed by atoms with E-state index < -0.39 is 24.2 Å². The van der Waals surface area contributed by atoms with E-state index in [0.717, 1.165) is 48.3 Å². The van der Waals surface area contributed by atoms with Crippen LogP contribution < -0.4 is 20.3 Å². The topological polar surface area (TPSA) is 155 Å². The van der Waals surface area contributed by atoms with Gasteiger partial charge in [0, 0.05) is 65.9 Å². The van der Waals surface area contributed by atoms with Gasteiger partial charge < -0.3 is 30.3 Å². The second-order valence-electron chi connectivity index (χ2n) is 16.3. The molecule has 2 saturated heterocycles. The molecule has 13 nitrogen and oxygen atoms in total. The number of likely N-dealkylation sites (tertiary alicyclic amines) is 1. The van der Waals surface area contributed by atoms with Gasteiger partial charge in [0.1, 0.15) is 11.8 Å². The summed E-state index contributed by atoms with van der Waals surface area (Å²) in [7, 11) is 7.56. The Labute approximate surface area is 307 Å². The predicted molar refractivity (Wildman–Crippen MR) is 201 cm³/mol. The summed E-state index contributed by atoms with van der Waals surface area (Å²) >= 11 is 0. The lowest BCUT2D eigenvalue weighted by molar-refractivity contribution is -0.175. The maximum absolute atomic E-state index is 14.3. The number of amides is 2. The number of methoxy groups -OCH3 is 1. The van der Waals surface area contributed by atoms with Crippen LogP contribution in [-0.4, -0.2) is 105 Å². The van der Waals surface area contributed by atoms with E-state index in [0.29, 0.717) is 29.1 Å².